The number of carbonyl (C=O) groups is 2. The van der Waals surface area contributed by atoms with Crippen molar-refractivity contribution >= 4 is 34.9 Å². The van der Waals surface area contributed by atoms with Gasteiger partial charge in [0.05, 0.1) is 49.1 Å². The lowest BCUT2D eigenvalue weighted by molar-refractivity contribution is 0.0960. The van der Waals surface area contributed by atoms with Crippen LogP contribution in [0.25, 0.3) is 11.1 Å². The van der Waals surface area contributed by atoms with Crippen LogP contribution in [0.4, 0.5) is 25.0 Å². The molecule has 0 spiro atoms. The number of aliphatic hydroxyl groups is 1. The number of nitrogens with one attached hydrogen (secondary N) is 2. The van der Waals surface area contributed by atoms with Crippen molar-refractivity contribution in [2.24, 2.45) is 5.92 Å². The van der Waals surface area contributed by atoms with Crippen LogP contribution in [0.1, 0.15) is 46.1 Å². The van der Waals surface area contributed by atoms with Crippen LogP contribution in [0.3, 0.4) is 0 Å². The predicted molar refractivity (Wildman–Crippen MR) is 151 cm³/mol. The molecule has 0 fully saturated rings. The zero-order valence-electron chi connectivity index (χ0n) is 22.1. The van der Waals surface area contributed by atoms with Crippen LogP contribution in [0.5, 0.6) is 0 Å². The van der Waals surface area contributed by atoms with Crippen LogP contribution < -0.4 is 15.5 Å². The molecular formula is C30H23ClF2N6O3. The zero-order valence-corrected chi connectivity index (χ0v) is 22.9. The summed E-state index contributed by atoms with van der Waals surface area (Å²) in [6.45, 7) is 2.03. The number of fused-ring (bicyclic) bond motifs is 2. The molecule has 3 aromatic carbocycles. The Morgan fingerprint density at radius 2 is 1.93 bits per heavy atom. The molecule has 0 saturated carbocycles. The Morgan fingerprint density at radius 1 is 1.19 bits per heavy atom. The molecule has 0 saturated heterocycles. The molecule has 12 heteroatoms. The van der Waals surface area contributed by atoms with E-state index in [1.54, 1.807) is 36.1 Å². The van der Waals surface area contributed by atoms with Crippen molar-refractivity contribution in [2.45, 2.75) is 25.6 Å². The Hall–Kier alpha value is -4.79. The number of amides is 3. The van der Waals surface area contributed by atoms with E-state index in [1.807, 2.05) is 0 Å². The molecule has 1 aromatic heterocycles. The molecule has 2 aliphatic heterocycles. The molecule has 4 aromatic rings. The smallest absolute Gasteiger partial charge is 0.326 e. The number of nitrogens with zero attached hydrogens (tertiary/aromatic N) is 4. The molecule has 3 heterocycles. The molecule has 9 nitrogen and oxygen atoms in total. The first kappa shape index (κ1) is 27.4. The van der Waals surface area contributed by atoms with Gasteiger partial charge in [0.1, 0.15) is 11.6 Å². The van der Waals surface area contributed by atoms with Crippen LogP contribution in [0.15, 0.2) is 60.9 Å². The number of anilines is 2. The molecule has 3 amide bonds. The van der Waals surface area contributed by atoms with E-state index in [2.05, 4.69) is 21.8 Å². The van der Waals surface area contributed by atoms with Gasteiger partial charge in [0, 0.05) is 44.7 Å². The fraction of sp³-hybridized carbons (Fsp3) is 0.200. The van der Waals surface area contributed by atoms with Gasteiger partial charge in [-0.15, -0.1) is 0 Å². The SMILES string of the molecule is C[C@H](C#N)Cn1cc(-c2cc(NC(=O)N3C[C@H](O)c4cc(F)ccc43)c3c(c2)C(=O)N[C@@H]3c2cc(F)ccc2Cl)cn1. The molecule has 6 rings (SSSR count). The maximum absolute atomic E-state index is 14.3. The summed E-state index contributed by atoms with van der Waals surface area (Å²) < 4.78 is 29.7. The second-order valence-corrected chi connectivity index (χ2v) is 10.7. The summed E-state index contributed by atoms with van der Waals surface area (Å²) in [6.07, 6.45) is 2.24. The van der Waals surface area contributed by atoms with Gasteiger partial charge < -0.3 is 15.7 Å². The quantitative estimate of drug-likeness (QED) is 0.282. The average Bonchev–Trinajstić information content (AvgIpc) is 3.66. The Kier molecular flexibility index (Phi) is 6.88. The van der Waals surface area contributed by atoms with Gasteiger partial charge in [0.25, 0.3) is 5.91 Å². The third kappa shape index (κ3) is 4.85. The highest BCUT2D eigenvalue weighted by atomic mass is 35.5. The van der Waals surface area contributed by atoms with Gasteiger partial charge in [-0.05, 0) is 61.0 Å². The standard InChI is InChI=1S/C30H23ClF2N6O3/c1-15(10-34)12-38-13-17(11-35-38)16-6-22-27(28(37-29(22)41)20-8-18(32)2-4-23(20)31)24(7-16)36-30(42)39-14-26(40)21-9-19(33)3-5-25(21)39/h2-9,11,13,15,26,28,40H,12,14H2,1H3,(H,36,42)(H,37,41)/t15-,26+,28-/m1/s1. The summed E-state index contributed by atoms with van der Waals surface area (Å²) >= 11 is 6.41. The van der Waals surface area contributed by atoms with Crippen LogP contribution in [-0.2, 0) is 6.54 Å². The van der Waals surface area contributed by atoms with Crippen molar-refractivity contribution in [2.75, 3.05) is 16.8 Å². The number of halogens is 3. The number of urea groups is 1. The highest BCUT2D eigenvalue weighted by molar-refractivity contribution is 6.31. The normalized spacial score (nSPS) is 17.8. The highest BCUT2D eigenvalue weighted by Crippen LogP contribution is 2.42. The van der Waals surface area contributed by atoms with Crippen LogP contribution in [-0.4, -0.2) is 33.4 Å². The number of carbonyl (C=O) groups excluding carboxylic acids is 2. The number of hydrogen-bond acceptors (Lipinski definition) is 5. The lowest BCUT2D eigenvalue weighted by atomic mass is 9.93. The number of aromatic nitrogens is 2. The second-order valence-electron chi connectivity index (χ2n) is 10.3. The summed E-state index contributed by atoms with van der Waals surface area (Å²) in [6, 6.07) is 11.6. The highest BCUT2D eigenvalue weighted by Gasteiger charge is 2.37. The third-order valence-electron chi connectivity index (χ3n) is 7.39. The van der Waals surface area contributed by atoms with Crippen molar-refractivity contribution in [3.05, 3.63) is 99.8 Å². The van der Waals surface area contributed by atoms with E-state index in [4.69, 9.17) is 16.9 Å². The van der Waals surface area contributed by atoms with Gasteiger partial charge >= 0.3 is 6.03 Å². The lowest BCUT2D eigenvalue weighted by Crippen LogP contribution is -2.34. The number of β-amino-alcohol motifs (C(OH)–C–C–N with tert-alkyl or cyclic N) is 1. The number of hydrogen-bond donors (Lipinski definition) is 3. The molecule has 0 bridgehead atoms. The fourth-order valence-corrected chi connectivity index (χ4v) is 5.62. The van der Waals surface area contributed by atoms with Crippen molar-refractivity contribution < 1.29 is 23.5 Å². The van der Waals surface area contributed by atoms with Crippen molar-refractivity contribution in [1.82, 2.24) is 15.1 Å². The lowest BCUT2D eigenvalue weighted by Gasteiger charge is -2.22. The largest absolute Gasteiger partial charge is 0.386 e. The van der Waals surface area contributed by atoms with Crippen molar-refractivity contribution in [3.8, 4) is 17.2 Å². The first-order valence-electron chi connectivity index (χ1n) is 13.0. The number of aliphatic hydroxyl groups excluding tert-OH is 1. The minimum atomic E-state index is -1.08. The van der Waals surface area contributed by atoms with Gasteiger partial charge in [-0.25, -0.2) is 13.6 Å². The third-order valence-corrected chi connectivity index (χ3v) is 7.73. The second kappa shape index (κ2) is 10.6. The van der Waals surface area contributed by atoms with E-state index in [0.717, 1.165) is 0 Å². The molecule has 212 valence electrons. The van der Waals surface area contributed by atoms with E-state index in [9.17, 15) is 23.5 Å². The molecule has 0 radical (unpaired) electrons. The van der Waals surface area contributed by atoms with Gasteiger partial charge in [-0.1, -0.05) is 11.6 Å². The number of benzene rings is 3. The molecule has 3 atom stereocenters. The maximum Gasteiger partial charge on any atom is 0.326 e. The first-order valence-corrected chi connectivity index (χ1v) is 13.4. The Labute approximate surface area is 243 Å². The maximum atomic E-state index is 14.3. The van der Waals surface area contributed by atoms with Crippen LogP contribution in [0.2, 0.25) is 5.02 Å². The fourth-order valence-electron chi connectivity index (χ4n) is 5.39. The van der Waals surface area contributed by atoms with Gasteiger partial charge in [-0.3, -0.25) is 14.4 Å². The number of rotatable bonds is 5. The van der Waals surface area contributed by atoms with Crippen molar-refractivity contribution in [1.29, 1.82) is 5.26 Å². The summed E-state index contributed by atoms with van der Waals surface area (Å²) in [4.78, 5) is 28.2. The molecule has 0 unspecified atom stereocenters. The van der Waals surface area contributed by atoms with Crippen LogP contribution >= 0.6 is 11.6 Å². The van der Waals surface area contributed by atoms with E-state index >= 15 is 0 Å². The Balaban J connectivity index is 1.44. The summed E-state index contributed by atoms with van der Waals surface area (Å²) in [7, 11) is 0. The molecule has 0 aliphatic carbocycles. The van der Waals surface area contributed by atoms with E-state index < -0.39 is 35.7 Å². The van der Waals surface area contributed by atoms with E-state index in [1.165, 1.54) is 41.3 Å². The summed E-state index contributed by atoms with van der Waals surface area (Å²) in [5.41, 5.74) is 3.01. The van der Waals surface area contributed by atoms with Gasteiger partial charge in [0.2, 0.25) is 0 Å². The molecular weight excluding hydrogens is 566 g/mol. The first-order chi connectivity index (χ1) is 20.1. The van der Waals surface area contributed by atoms with Crippen molar-refractivity contribution in [3.63, 3.8) is 0 Å². The van der Waals surface area contributed by atoms with E-state index in [0.29, 0.717) is 34.5 Å². The molecule has 2 aliphatic rings. The topological polar surface area (TPSA) is 123 Å². The van der Waals surface area contributed by atoms with Gasteiger partial charge in [0.15, 0.2) is 0 Å². The Morgan fingerprint density at radius 3 is 2.69 bits per heavy atom. The average molecular weight is 589 g/mol. The minimum absolute atomic E-state index is 0.104. The molecule has 42 heavy (non-hydrogen) atoms. The Bertz CT molecular complexity index is 1800. The van der Waals surface area contributed by atoms with E-state index in [-0.39, 0.29) is 34.3 Å². The van der Waals surface area contributed by atoms with Gasteiger partial charge in [-0.2, -0.15) is 10.4 Å². The summed E-state index contributed by atoms with van der Waals surface area (Å²) in [5, 5.41) is 29.9. The van der Waals surface area contributed by atoms with Crippen LogP contribution in [0, 0.1) is 28.9 Å². The zero-order chi connectivity index (χ0) is 29.7. The molecule has 3 N–H and O–H groups in total. The minimum Gasteiger partial charge on any atom is -0.386 e. The number of nitriles is 1. The predicted octanol–water partition coefficient (Wildman–Crippen LogP) is 5.56. The monoisotopic (exact) mass is 588 g/mol. The summed E-state index contributed by atoms with van der Waals surface area (Å²) in [5.74, 6) is -1.81.